The predicted octanol–water partition coefficient (Wildman–Crippen LogP) is 2.24. The largest absolute Gasteiger partial charge is 0.497 e. The fourth-order valence-electron chi connectivity index (χ4n) is 2.61. The van der Waals surface area contributed by atoms with E-state index < -0.39 is 0 Å². The van der Waals surface area contributed by atoms with Gasteiger partial charge >= 0.3 is 6.03 Å². The van der Waals surface area contributed by atoms with Crippen LogP contribution in [0, 0.1) is 0 Å². The molecule has 0 spiro atoms. The Bertz CT molecular complexity index is 562. The fourth-order valence-corrected chi connectivity index (χ4v) is 2.61. The van der Waals surface area contributed by atoms with Crippen molar-refractivity contribution in [3.63, 3.8) is 0 Å². The standard InChI is InChI=1S/C17H25N3O3/c1-4-5-9-19(2)17(22)18-13-10-16(21)20(12-13)14-7-6-8-15(11-14)23-3/h6-8,11,13H,4-5,9-10,12H2,1-3H3,(H,18,22). The molecule has 0 radical (unpaired) electrons. The molecule has 1 saturated heterocycles. The molecule has 1 aliphatic heterocycles. The maximum absolute atomic E-state index is 12.2. The number of benzene rings is 1. The fraction of sp³-hybridized carbons (Fsp3) is 0.529. The quantitative estimate of drug-likeness (QED) is 0.875. The van der Waals surface area contributed by atoms with E-state index in [-0.39, 0.29) is 18.0 Å². The van der Waals surface area contributed by atoms with Crippen LogP contribution in [0.2, 0.25) is 0 Å². The van der Waals surface area contributed by atoms with E-state index in [4.69, 9.17) is 4.74 Å². The second-order valence-corrected chi connectivity index (χ2v) is 5.83. The van der Waals surface area contributed by atoms with Gasteiger partial charge in [-0.25, -0.2) is 4.79 Å². The van der Waals surface area contributed by atoms with Gasteiger partial charge in [0, 0.05) is 38.3 Å². The van der Waals surface area contributed by atoms with E-state index in [1.807, 2.05) is 24.3 Å². The maximum Gasteiger partial charge on any atom is 0.317 e. The molecule has 0 bridgehead atoms. The summed E-state index contributed by atoms with van der Waals surface area (Å²) >= 11 is 0. The number of methoxy groups -OCH3 is 1. The van der Waals surface area contributed by atoms with Crippen molar-refractivity contribution in [2.45, 2.75) is 32.2 Å². The topological polar surface area (TPSA) is 61.9 Å². The Kier molecular flexibility index (Phi) is 5.84. The van der Waals surface area contributed by atoms with Gasteiger partial charge in [-0.1, -0.05) is 19.4 Å². The van der Waals surface area contributed by atoms with Gasteiger partial charge in [-0.05, 0) is 18.6 Å². The molecule has 1 aromatic carbocycles. The summed E-state index contributed by atoms with van der Waals surface area (Å²) in [6, 6.07) is 7.11. The first kappa shape index (κ1) is 17.1. The highest BCUT2D eigenvalue weighted by atomic mass is 16.5. The number of hydrogen-bond acceptors (Lipinski definition) is 3. The van der Waals surface area contributed by atoms with Crippen molar-refractivity contribution < 1.29 is 14.3 Å². The number of anilines is 1. The van der Waals surface area contributed by atoms with Crippen molar-refractivity contribution in [3.8, 4) is 5.75 Å². The summed E-state index contributed by atoms with van der Waals surface area (Å²) in [4.78, 5) is 27.7. The molecule has 6 nitrogen and oxygen atoms in total. The zero-order chi connectivity index (χ0) is 16.8. The van der Waals surface area contributed by atoms with Crippen LogP contribution in [-0.2, 0) is 4.79 Å². The van der Waals surface area contributed by atoms with Crippen molar-refractivity contribution in [2.24, 2.45) is 0 Å². The smallest absolute Gasteiger partial charge is 0.317 e. The van der Waals surface area contributed by atoms with Crippen LogP contribution in [0.3, 0.4) is 0 Å². The number of nitrogens with zero attached hydrogens (tertiary/aromatic N) is 2. The molecule has 0 saturated carbocycles. The number of unbranched alkanes of at least 4 members (excludes halogenated alkanes) is 1. The Labute approximate surface area is 137 Å². The van der Waals surface area contributed by atoms with Crippen molar-refractivity contribution >= 4 is 17.6 Å². The molecule has 1 fully saturated rings. The molecule has 1 N–H and O–H groups in total. The lowest BCUT2D eigenvalue weighted by Crippen LogP contribution is -2.44. The Hall–Kier alpha value is -2.24. The van der Waals surface area contributed by atoms with Crippen LogP contribution in [0.15, 0.2) is 24.3 Å². The molecular formula is C17H25N3O3. The van der Waals surface area contributed by atoms with Crippen LogP contribution in [0.4, 0.5) is 10.5 Å². The maximum atomic E-state index is 12.2. The Morgan fingerprint density at radius 3 is 2.96 bits per heavy atom. The first-order chi connectivity index (χ1) is 11.0. The molecule has 23 heavy (non-hydrogen) atoms. The molecule has 3 amide bonds. The van der Waals surface area contributed by atoms with Gasteiger partial charge in [0.05, 0.1) is 13.2 Å². The minimum Gasteiger partial charge on any atom is -0.497 e. The summed E-state index contributed by atoms with van der Waals surface area (Å²) in [5.74, 6) is 0.724. The van der Waals surface area contributed by atoms with E-state index in [1.165, 1.54) is 0 Å². The minimum atomic E-state index is -0.162. The van der Waals surface area contributed by atoms with Gasteiger partial charge in [-0.2, -0.15) is 0 Å². The molecule has 0 aromatic heterocycles. The highest BCUT2D eigenvalue weighted by molar-refractivity contribution is 5.97. The summed E-state index contributed by atoms with van der Waals surface area (Å²) in [5.41, 5.74) is 0.797. The van der Waals surface area contributed by atoms with E-state index in [1.54, 1.807) is 24.0 Å². The SMILES string of the molecule is CCCCN(C)C(=O)NC1CC(=O)N(c2cccc(OC)c2)C1. The molecule has 1 atom stereocenters. The second-order valence-electron chi connectivity index (χ2n) is 5.83. The molecule has 1 unspecified atom stereocenters. The van der Waals surface area contributed by atoms with Crippen molar-refractivity contribution in [1.29, 1.82) is 0 Å². The summed E-state index contributed by atoms with van der Waals surface area (Å²) in [7, 11) is 3.38. The van der Waals surface area contributed by atoms with Gasteiger partial charge in [-0.3, -0.25) is 4.79 Å². The summed E-state index contributed by atoms with van der Waals surface area (Å²) < 4.78 is 5.20. The molecule has 1 aliphatic rings. The molecule has 6 heteroatoms. The first-order valence-corrected chi connectivity index (χ1v) is 8.01. The zero-order valence-electron chi connectivity index (χ0n) is 14.0. The third-order valence-corrected chi connectivity index (χ3v) is 4.01. The lowest BCUT2D eigenvalue weighted by Gasteiger charge is -2.21. The van der Waals surface area contributed by atoms with E-state index in [0.29, 0.717) is 18.7 Å². The normalized spacial score (nSPS) is 17.3. The van der Waals surface area contributed by atoms with Gasteiger partial charge in [0.1, 0.15) is 5.75 Å². The molecule has 2 rings (SSSR count). The van der Waals surface area contributed by atoms with Gasteiger partial charge in [0.25, 0.3) is 0 Å². The number of ether oxygens (including phenoxy) is 1. The lowest BCUT2D eigenvalue weighted by atomic mass is 10.2. The molecule has 126 valence electrons. The second kappa shape index (κ2) is 7.85. The van der Waals surface area contributed by atoms with Gasteiger partial charge in [-0.15, -0.1) is 0 Å². The van der Waals surface area contributed by atoms with E-state index in [0.717, 1.165) is 25.1 Å². The molecular weight excluding hydrogens is 294 g/mol. The Balaban J connectivity index is 1.95. The summed E-state index contributed by atoms with van der Waals surface area (Å²) in [6.45, 7) is 3.30. The molecule has 0 aliphatic carbocycles. The van der Waals surface area contributed by atoms with E-state index >= 15 is 0 Å². The van der Waals surface area contributed by atoms with E-state index in [9.17, 15) is 9.59 Å². The molecule has 1 aromatic rings. The lowest BCUT2D eigenvalue weighted by molar-refractivity contribution is -0.117. The van der Waals surface area contributed by atoms with Crippen molar-refractivity contribution in [2.75, 3.05) is 32.1 Å². The third-order valence-electron chi connectivity index (χ3n) is 4.01. The summed E-state index contributed by atoms with van der Waals surface area (Å²) in [6.07, 6.45) is 2.34. The van der Waals surface area contributed by atoms with Gasteiger partial charge in [0.2, 0.25) is 5.91 Å². The number of carbonyl (C=O) groups is 2. The Morgan fingerprint density at radius 1 is 1.48 bits per heavy atom. The number of amides is 3. The van der Waals surface area contributed by atoms with Gasteiger partial charge < -0.3 is 19.9 Å². The van der Waals surface area contributed by atoms with Crippen LogP contribution in [-0.4, -0.2) is 50.1 Å². The Morgan fingerprint density at radius 2 is 2.26 bits per heavy atom. The highest BCUT2D eigenvalue weighted by Crippen LogP contribution is 2.25. The average Bonchev–Trinajstić information content (AvgIpc) is 2.92. The minimum absolute atomic E-state index is 0.0137. The van der Waals surface area contributed by atoms with Crippen LogP contribution >= 0.6 is 0 Å². The van der Waals surface area contributed by atoms with Crippen LogP contribution < -0.4 is 15.0 Å². The number of urea groups is 1. The number of carbonyl (C=O) groups excluding carboxylic acids is 2. The predicted molar refractivity (Wildman–Crippen MR) is 89.8 cm³/mol. The number of nitrogens with one attached hydrogen (secondary N) is 1. The van der Waals surface area contributed by atoms with Crippen LogP contribution in [0.25, 0.3) is 0 Å². The summed E-state index contributed by atoms with van der Waals surface area (Å²) in [5, 5.41) is 2.94. The molecule has 1 heterocycles. The third kappa shape index (κ3) is 4.37. The van der Waals surface area contributed by atoms with Crippen molar-refractivity contribution in [3.05, 3.63) is 24.3 Å². The van der Waals surface area contributed by atoms with Crippen LogP contribution in [0.1, 0.15) is 26.2 Å². The monoisotopic (exact) mass is 319 g/mol. The van der Waals surface area contributed by atoms with Crippen LogP contribution in [0.5, 0.6) is 5.75 Å². The van der Waals surface area contributed by atoms with Gasteiger partial charge in [0.15, 0.2) is 0 Å². The highest BCUT2D eigenvalue weighted by Gasteiger charge is 2.32. The zero-order valence-corrected chi connectivity index (χ0v) is 14.0. The average molecular weight is 319 g/mol. The first-order valence-electron chi connectivity index (χ1n) is 8.01. The number of hydrogen-bond donors (Lipinski definition) is 1. The van der Waals surface area contributed by atoms with E-state index in [2.05, 4.69) is 12.2 Å². The van der Waals surface area contributed by atoms with Crippen molar-refractivity contribution in [1.82, 2.24) is 10.2 Å². The number of rotatable bonds is 6.